The number of fused-ring (bicyclic) bond motifs is 5. The van der Waals surface area contributed by atoms with Crippen LogP contribution in [-0.4, -0.2) is 75.1 Å². The van der Waals surface area contributed by atoms with Gasteiger partial charge in [0.15, 0.2) is 17.2 Å². The van der Waals surface area contributed by atoms with Crippen LogP contribution in [0.2, 0.25) is 0 Å². The number of imidazole rings is 2. The summed E-state index contributed by atoms with van der Waals surface area (Å²) < 4.78 is 14.6. The van der Waals surface area contributed by atoms with Crippen molar-refractivity contribution in [2.75, 3.05) is 7.11 Å². The maximum atomic E-state index is 12.6. The second-order valence-electron chi connectivity index (χ2n) is 16.6. The number of rotatable bonds is 7. The topological polar surface area (TPSA) is 186 Å². The highest BCUT2D eigenvalue weighted by atomic mass is 16.5. The van der Waals surface area contributed by atoms with E-state index in [1.807, 2.05) is 151 Å². The van der Waals surface area contributed by atoms with Gasteiger partial charge in [-0.3, -0.25) is 39.4 Å². The highest BCUT2D eigenvalue weighted by molar-refractivity contribution is 6.47. The molecular weight excluding hydrogens is 899 g/mol. The number of aryl methyl sites for hydroxylation is 4. The van der Waals surface area contributed by atoms with E-state index in [1.54, 1.807) is 29.2 Å². The van der Waals surface area contributed by atoms with Crippen LogP contribution in [0.4, 0.5) is 0 Å². The molecule has 0 unspecified atom stereocenters. The Morgan fingerprint density at radius 1 is 0.634 bits per heavy atom. The van der Waals surface area contributed by atoms with E-state index in [4.69, 9.17) is 4.74 Å². The van der Waals surface area contributed by atoms with Crippen LogP contribution in [0.15, 0.2) is 140 Å². The van der Waals surface area contributed by atoms with E-state index in [9.17, 15) is 28.8 Å². The lowest BCUT2D eigenvalue weighted by atomic mass is 10.0. The molecule has 16 heteroatoms. The van der Waals surface area contributed by atoms with Gasteiger partial charge in [-0.1, -0.05) is 66.7 Å². The zero-order valence-corrected chi connectivity index (χ0v) is 39.6. The van der Waals surface area contributed by atoms with Gasteiger partial charge in [0, 0.05) is 103 Å². The average Bonchev–Trinajstić information content (AvgIpc) is 4.27. The number of nitrogens with zero attached hydrogens (tertiary/aromatic N) is 7. The van der Waals surface area contributed by atoms with Crippen molar-refractivity contribution >= 4 is 108 Å². The number of methoxy groups -OCH3 is 1. The standard InChI is InChI=1S/C20H12N4O2.C14H12N2O3.C12H11NO2.C9H10N2/c1-23-10-13(12-6-2-4-8-15(12)23)17-18(20(26)22-19(17)25)24-11-21-14-7-3-5-9-16(14)24;1-16-7-9(8-5-3-4-6-10(8)16)11-12(19-2)14(18)15-13(11)17;1-8(14)12(15)10-7-13(2)11-6-4-3-5-9(10)11;1-2-11-7-10-8-5-3-4-6-9(8)11/h2-4,6-11H,1H3;3-7H,1-2H3,(H,15,17,18);3-7H,1-2H3;3-7H,2H2,1H3/p+1. The lowest BCUT2D eigenvalue weighted by Gasteiger charge is -2.04. The van der Waals surface area contributed by atoms with Crippen molar-refractivity contribution in [3.63, 3.8) is 0 Å². The molecule has 2 N–H and O–H groups in total. The molecule has 0 spiro atoms. The van der Waals surface area contributed by atoms with Crippen molar-refractivity contribution in [1.29, 1.82) is 0 Å². The van der Waals surface area contributed by atoms with Gasteiger partial charge in [0.2, 0.25) is 11.5 Å². The third-order valence-corrected chi connectivity index (χ3v) is 12.3. The lowest BCUT2D eigenvalue weighted by Crippen LogP contribution is -2.23. The molecule has 4 amide bonds. The Balaban J connectivity index is 0.000000123. The van der Waals surface area contributed by atoms with Crippen LogP contribution < -0.4 is 10.6 Å². The van der Waals surface area contributed by atoms with Crippen molar-refractivity contribution in [2.45, 2.75) is 20.4 Å². The van der Waals surface area contributed by atoms with E-state index in [0.29, 0.717) is 22.3 Å². The molecule has 71 heavy (non-hydrogen) atoms. The van der Waals surface area contributed by atoms with E-state index in [-0.39, 0.29) is 11.5 Å². The number of hydrogen-bond donors (Lipinski definition) is 2. The van der Waals surface area contributed by atoms with Crippen molar-refractivity contribution in [2.24, 2.45) is 21.1 Å². The first-order valence-electron chi connectivity index (χ1n) is 22.5. The minimum Gasteiger partial charge on any atom is -0.490 e. The third-order valence-electron chi connectivity index (χ3n) is 12.3. The number of para-hydroxylation sites is 5. The summed E-state index contributed by atoms with van der Waals surface area (Å²) in [7, 11) is 7.06. The minimum atomic E-state index is -0.490. The quantitative estimate of drug-likeness (QED) is 0.0709. The molecule has 0 saturated heterocycles. The maximum Gasteiger partial charge on any atom is 0.294 e. The first-order chi connectivity index (χ1) is 34.3. The van der Waals surface area contributed by atoms with Crippen molar-refractivity contribution < 1.29 is 33.5 Å². The Kier molecular flexibility index (Phi) is 12.6. The molecule has 4 aromatic carbocycles. The van der Waals surface area contributed by atoms with Gasteiger partial charge in [-0.15, -0.1) is 0 Å². The van der Waals surface area contributed by atoms with Crippen LogP contribution in [-0.2, 0) is 56.4 Å². The summed E-state index contributed by atoms with van der Waals surface area (Å²) in [5.41, 5.74) is 9.56. The first kappa shape index (κ1) is 46.6. The molecule has 2 aliphatic heterocycles. The number of ether oxygens (including phenoxy) is 1. The zero-order valence-electron chi connectivity index (χ0n) is 39.6. The van der Waals surface area contributed by atoms with E-state index in [2.05, 4.69) is 44.2 Å². The number of nitrogens with one attached hydrogen (secondary N) is 2. The molecule has 12 rings (SSSR count). The van der Waals surface area contributed by atoms with E-state index in [1.165, 1.54) is 19.6 Å². The van der Waals surface area contributed by atoms with Crippen LogP contribution in [0.3, 0.4) is 0 Å². The fraction of sp³-hybridized carbons (Fsp3) is 0.127. The van der Waals surface area contributed by atoms with Crippen molar-refractivity contribution in [1.82, 2.24) is 43.4 Å². The Morgan fingerprint density at radius 3 is 1.79 bits per heavy atom. The van der Waals surface area contributed by atoms with Crippen LogP contribution in [0.1, 0.15) is 46.7 Å². The lowest BCUT2D eigenvalue weighted by molar-refractivity contribution is -0.125. The number of ketones is 2. The van der Waals surface area contributed by atoms with Gasteiger partial charge in [0.1, 0.15) is 24.2 Å². The fourth-order valence-electron chi connectivity index (χ4n) is 8.94. The Labute approximate surface area is 406 Å². The van der Waals surface area contributed by atoms with E-state index in [0.717, 1.165) is 61.7 Å². The molecule has 0 radical (unpaired) electrons. The van der Waals surface area contributed by atoms with Gasteiger partial charge in [0.05, 0.1) is 47.3 Å². The fourth-order valence-corrected chi connectivity index (χ4v) is 8.94. The highest BCUT2D eigenvalue weighted by Gasteiger charge is 2.37. The van der Waals surface area contributed by atoms with Crippen molar-refractivity contribution in [3.8, 4) is 0 Å². The van der Waals surface area contributed by atoms with E-state index >= 15 is 0 Å². The molecule has 0 fully saturated rings. The molecule has 7 heterocycles. The molecule has 0 atom stereocenters. The number of carbonyl (C=O) groups excluding carboxylic acids is 6. The van der Waals surface area contributed by atoms with E-state index < -0.39 is 35.2 Å². The van der Waals surface area contributed by atoms with Gasteiger partial charge < -0.3 is 23.0 Å². The summed E-state index contributed by atoms with van der Waals surface area (Å²) in [6.45, 7) is 4.40. The monoisotopic (exact) mass is 944 g/mol. The molecule has 352 valence electrons. The number of Topliss-reactive ketones (excluding diaryl/α,β-unsaturated/α-hetero) is 2. The molecule has 3 aliphatic rings. The smallest absolute Gasteiger partial charge is 0.294 e. The number of allylic oxidation sites excluding steroid dienone is 2. The molecule has 0 bridgehead atoms. The van der Waals surface area contributed by atoms with Gasteiger partial charge in [-0.25, -0.2) is 14.5 Å². The first-order valence-corrected chi connectivity index (χ1v) is 22.5. The SMILES string of the molecule is CC(=O)C(=O)c1cn(C)c2ccccc12.CCn1cnc2ccccc21.COC1=C(c2cn(C)c3ccccc23)C(=O)NC1=O.Cn1cc(C2=C(n3cnc4c3C=[C+]C=C4)C(=O)NC2=O)c2ccccc21. The molecule has 1 aliphatic carbocycles. The predicted octanol–water partition coefficient (Wildman–Crippen LogP) is 7.44. The largest absolute Gasteiger partial charge is 0.490 e. The number of benzene rings is 4. The predicted molar refractivity (Wildman–Crippen MR) is 271 cm³/mol. The number of carbonyl (C=O) groups is 6. The molecule has 5 aromatic heterocycles. The van der Waals surface area contributed by atoms with Crippen LogP contribution in [0, 0.1) is 6.08 Å². The van der Waals surface area contributed by atoms with Crippen LogP contribution >= 0.6 is 0 Å². The Bertz CT molecular complexity index is 3810. The van der Waals surface area contributed by atoms with Crippen LogP contribution in [0.25, 0.3) is 72.7 Å². The highest BCUT2D eigenvalue weighted by Crippen LogP contribution is 2.35. The molecule has 9 aromatic rings. The molecule has 16 nitrogen and oxygen atoms in total. The summed E-state index contributed by atoms with van der Waals surface area (Å²) in [5, 5.41) is 7.35. The zero-order chi connectivity index (χ0) is 50.1. The summed E-state index contributed by atoms with van der Waals surface area (Å²) in [5.74, 6) is -2.52. The minimum absolute atomic E-state index is 0.0707. The van der Waals surface area contributed by atoms with Gasteiger partial charge in [-0.2, -0.15) is 0 Å². The number of hydrogen-bond acceptors (Lipinski definition) is 9. The second kappa shape index (κ2) is 19.2. The number of amides is 4. The van der Waals surface area contributed by atoms with Gasteiger partial charge in [-0.05, 0) is 37.3 Å². The second-order valence-corrected chi connectivity index (χ2v) is 16.6. The van der Waals surface area contributed by atoms with Gasteiger partial charge >= 0.3 is 0 Å². The number of imide groups is 2. The normalized spacial score (nSPS) is 13.7. The average molecular weight is 945 g/mol. The third kappa shape index (κ3) is 8.55. The maximum absolute atomic E-state index is 12.6. The molecular formula is C55H46N9O7+. The van der Waals surface area contributed by atoms with Crippen molar-refractivity contribution in [3.05, 3.63) is 174 Å². The summed E-state index contributed by atoms with van der Waals surface area (Å²) in [6, 6.07) is 31.2. The summed E-state index contributed by atoms with van der Waals surface area (Å²) >= 11 is 0. The molecule has 0 saturated carbocycles. The summed E-state index contributed by atoms with van der Waals surface area (Å²) in [6.07, 6.45) is 17.2. The Hall–Kier alpha value is -9.53. The Morgan fingerprint density at radius 2 is 1.17 bits per heavy atom. The number of aromatic nitrogens is 7. The van der Waals surface area contributed by atoms with Crippen LogP contribution in [0.5, 0.6) is 0 Å². The van der Waals surface area contributed by atoms with Gasteiger partial charge in [0.25, 0.3) is 23.6 Å². The summed E-state index contributed by atoms with van der Waals surface area (Å²) in [4.78, 5) is 80.0.